The van der Waals surface area contributed by atoms with Gasteiger partial charge in [0.15, 0.2) is 17.3 Å². The predicted molar refractivity (Wildman–Crippen MR) is 118 cm³/mol. The molecule has 1 aromatic heterocycles. The molecule has 2 heterocycles. The third-order valence-electron chi connectivity index (χ3n) is 5.99. The number of amides is 2. The lowest BCUT2D eigenvalue weighted by molar-refractivity contribution is -0.123. The number of nitrogens with zero attached hydrogens (tertiary/aromatic N) is 1. The first kappa shape index (κ1) is 21.1. The number of nitrogens with one attached hydrogen (secondary N) is 1. The lowest BCUT2D eigenvalue weighted by Crippen LogP contribution is -2.46. The molecule has 0 bridgehead atoms. The minimum atomic E-state index is -1.26. The van der Waals surface area contributed by atoms with Crippen molar-refractivity contribution in [2.45, 2.75) is 37.8 Å². The zero-order valence-corrected chi connectivity index (χ0v) is 17.8. The Morgan fingerprint density at radius 2 is 1.79 bits per heavy atom. The molecular formula is C25H23FN2O5. The summed E-state index contributed by atoms with van der Waals surface area (Å²) in [6.45, 7) is 0.0594. The number of fused-ring (bicyclic) bond motifs is 1. The summed E-state index contributed by atoms with van der Waals surface area (Å²) in [5, 5.41) is 3.02. The second-order valence-corrected chi connectivity index (χ2v) is 8.10. The van der Waals surface area contributed by atoms with Crippen LogP contribution in [0.25, 0.3) is 0 Å². The fourth-order valence-corrected chi connectivity index (χ4v) is 4.38. The molecule has 1 aliphatic heterocycles. The van der Waals surface area contributed by atoms with Crippen molar-refractivity contribution in [1.82, 2.24) is 5.32 Å². The Bertz CT molecular complexity index is 1160. The molecule has 0 unspecified atom stereocenters. The third-order valence-corrected chi connectivity index (χ3v) is 5.99. The average molecular weight is 450 g/mol. The fourth-order valence-electron chi connectivity index (χ4n) is 4.38. The van der Waals surface area contributed by atoms with E-state index >= 15 is 4.39 Å². The van der Waals surface area contributed by atoms with Crippen LogP contribution < -0.4 is 19.7 Å². The van der Waals surface area contributed by atoms with Crippen LogP contribution in [-0.2, 0) is 4.79 Å². The van der Waals surface area contributed by atoms with Gasteiger partial charge in [0, 0.05) is 23.4 Å². The first-order valence-corrected chi connectivity index (χ1v) is 10.9. The lowest BCUT2D eigenvalue weighted by atomic mass is 10.0. The van der Waals surface area contributed by atoms with Gasteiger partial charge in [-0.1, -0.05) is 31.0 Å². The molecule has 33 heavy (non-hydrogen) atoms. The largest absolute Gasteiger partial charge is 0.459 e. The van der Waals surface area contributed by atoms with Crippen molar-refractivity contribution < 1.29 is 27.9 Å². The van der Waals surface area contributed by atoms with Crippen molar-refractivity contribution in [2.24, 2.45) is 0 Å². The van der Waals surface area contributed by atoms with Gasteiger partial charge in [-0.3, -0.25) is 14.5 Å². The van der Waals surface area contributed by atoms with Crippen LogP contribution in [0.5, 0.6) is 11.5 Å². The van der Waals surface area contributed by atoms with Gasteiger partial charge < -0.3 is 19.2 Å². The van der Waals surface area contributed by atoms with Crippen LogP contribution in [0.1, 0.15) is 47.8 Å². The Morgan fingerprint density at radius 1 is 1.00 bits per heavy atom. The maximum atomic E-state index is 15.0. The van der Waals surface area contributed by atoms with Crippen molar-refractivity contribution in [2.75, 3.05) is 11.7 Å². The summed E-state index contributed by atoms with van der Waals surface area (Å²) in [5.74, 6) is -0.613. The monoisotopic (exact) mass is 450 g/mol. The maximum absolute atomic E-state index is 15.0. The summed E-state index contributed by atoms with van der Waals surface area (Å²) in [4.78, 5) is 28.5. The molecular weight excluding hydrogens is 427 g/mol. The zero-order valence-electron chi connectivity index (χ0n) is 17.8. The second kappa shape index (κ2) is 8.97. The first-order chi connectivity index (χ1) is 16.1. The van der Waals surface area contributed by atoms with Crippen LogP contribution in [0.4, 0.5) is 10.1 Å². The number of halogens is 1. The Balaban J connectivity index is 1.62. The highest BCUT2D eigenvalue weighted by atomic mass is 19.1. The average Bonchev–Trinajstić information content (AvgIpc) is 3.60. The molecule has 5 rings (SSSR count). The number of ether oxygens (including phenoxy) is 2. The summed E-state index contributed by atoms with van der Waals surface area (Å²) >= 11 is 0. The van der Waals surface area contributed by atoms with Gasteiger partial charge in [0.1, 0.15) is 11.9 Å². The molecule has 7 nitrogen and oxygen atoms in total. The van der Waals surface area contributed by atoms with Gasteiger partial charge in [0.2, 0.25) is 12.7 Å². The van der Waals surface area contributed by atoms with Gasteiger partial charge in [-0.15, -0.1) is 0 Å². The van der Waals surface area contributed by atoms with Gasteiger partial charge in [-0.25, -0.2) is 4.39 Å². The van der Waals surface area contributed by atoms with E-state index in [9.17, 15) is 9.59 Å². The van der Waals surface area contributed by atoms with Crippen LogP contribution in [-0.4, -0.2) is 24.6 Å². The Labute approximate surface area is 190 Å². The number of carbonyl (C=O) groups is 2. The molecule has 3 aromatic rings. The maximum Gasteiger partial charge on any atom is 0.294 e. The smallest absolute Gasteiger partial charge is 0.294 e. The molecule has 170 valence electrons. The van der Waals surface area contributed by atoms with Crippen LogP contribution in [0.2, 0.25) is 0 Å². The first-order valence-electron chi connectivity index (χ1n) is 10.9. The molecule has 2 aromatic carbocycles. The molecule has 2 amide bonds. The van der Waals surface area contributed by atoms with E-state index in [0.29, 0.717) is 17.2 Å². The summed E-state index contributed by atoms with van der Waals surface area (Å²) in [6.07, 6.45) is 5.12. The number of benzene rings is 2. The molecule has 1 N–H and O–H groups in total. The Morgan fingerprint density at radius 3 is 2.55 bits per heavy atom. The van der Waals surface area contributed by atoms with Crippen molar-refractivity contribution in [3.63, 3.8) is 0 Å². The molecule has 1 saturated carbocycles. The van der Waals surface area contributed by atoms with Gasteiger partial charge in [-0.2, -0.15) is 0 Å². The quantitative estimate of drug-likeness (QED) is 0.594. The fraction of sp³-hybridized carbons (Fsp3) is 0.280. The molecule has 0 spiro atoms. The molecule has 8 heteroatoms. The zero-order chi connectivity index (χ0) is 22.8. The topological polar surface area (TPSA) is 81.0 Å². The summed E-state index contributed by atoms with van der Waals surface area (Å²) in [5.41, 5.74) is 0.445. The van der Waals surface area contributed by atoms with Crippen molar-refractivity contribution in [1.29, 1.82) is 0 Å². The number of hydrogen-bond acceptors (Lipinski definition) is 5. The van der Waals surface area contributed by atoms with Gasteiger partial charge >= 0.3 is 0 Å². The van der Waals surface area contributed by atoms with E-state index in [1.54, 1.807) is 36.4 Å². The van der Waals surface area contributed by atoms with Crippen LogP contribution in [0, 0.1) is 5.82 Å². The Hall–Kier alpha value is -3.81. The van der Waals surface area contributed by atoms with E-state index in [0.717, 1.165) is 25.7 Å². The predicted octanol–water partition coefficient (Wildman–Crippen LogP) is 4.59. The van der Waals surface area contributed by atoms with Crippen molar-refractivity contribution >= 4 is 17.5 Å². The summed E-state index contributed by atoms with van der Waals surface area (Å²) < 4.78 is 31.2. The highest BCUT2D eigenvalue weighted by Crippen LogP contribution is 2.39. The van der Waals surface area contributed by atoms with E-state index in [1.807, 2.05) is 0 Å². The number of anilines is 1. The minimum Gasteiger partial charge on any atom is -0.459 e. The lowest BCUT2D eigenvalue weighted by Gasteiger charge is -2.32. The third kappa shape index (κ3) is 4.16. The number of carbonyl (C=O) groups excluding carboxylic acids is 2. The summed E-state index contributed by atoms with van der Waals surface area (Å²) in [6, 6.07) is 12.7. The molecule has 1 fully saturated rings. The van der Waals surface area contributed by atoms with E-state index in [4.69, 9.17) is 13.9 Å². The summed E-state index contributed by atoms with van der Waals surface area (Å²) in [7, 11) is 0. The van der Waals surface area contributed by atoms with E-state index in [2.05, 4.69) is 5.32 Å². The van der Waals surface area contributed by atoms with Crippen molar-refractivity contribution in [3.05, 3.63) is 78.0 Å². The van der Waals surface area contributed by atoms with Gasteiger partial charge in [0.25, 0.3) is 5.91 Å². The van der Waals surface area contributed by atoms with Crippen LogP contribution in [0.3, 0.4) is 0 Å². The van der Waals surface area contributed by atoms with E-state index in [1.165, 1.54) is 29.4 Å². The minimum absolute atomic E-state index is 0.0101. The highest BCUT2D eigenvalue weighted by Gasteiger charge is 2.37. The molecule has 0 saturated heterocycles. The normalized spacial score (nSPS) is 15.9. The highest BCUT2D eigenvalue weighted by molar-refractivity contribution is 6.08. The Kier molecular flexibility index (Phi) is 5.73. The molecule has 2 aliphatic rings. The standard InChI is InChI=1S/C25H23FN2O5/c26-19-9-4-3-8-18(19)23(24(29)27-16-6-1-2-7-16)28(25(30)21-10-5-13-31-21)17-11-12-20-22(14-17)33-15-32-20/h3-5,8-14,16,23H,1-2,6-7,15H2,(H,27,29)/t23-/m0/s1. The second-order valence-electron chi connectivity index (χ2n) is 8.10. The van der Waals surface area contributed by atoms with E-state index < -0.39 is 23.7 Å². The van der Waals surface area contributed by atoms with Crippen LogP contribution in [0.15, 0.2) is 65.3 Å². The SMILES string of the molecule is O=C(NC1CCCC1)[C@H](c1ccccc1F)N(C(=O)c1ccco1)c1ccc2c(c1)OCO2. The number of hydrogen-bond donors (Lipinski definition) is 1. The molecule has 1 atom stereocenters. The van der Waals surface area contributed by atoms with E-state index in [-0.39, 0.29) is 24.2 Å². The number of rotatable bonds is 6. The van der Waals surface area contributed by atoms with Crippen LogP contribution >= 0.6 is 0 Å². The van der Waals surface area contributed by atoms with Gasteiger partial charge in [-0.05, 0) is 43.2 Å². The van der Waals surface area contributed by atoms with Crippen molar-refractivity contribution in [3.8, 4) is 11.5 Å². The molecule has 0 radical (unpaired) electrons. The van der Waals surface area contributed by atoms with Gasteiger partial charge in [0.05, 0.1) is 6.26 Å². The molecule has 1 aliphatic carbocycles. The number of furan rings is 1.